The third-order valence-corrected chi connectivity index (χ3v) is 3.89. The van der Waals surface area contributed by atoms with E-state index in [9.17, 15) is 4.79 Å². The number of hydrogen-bond acceptors (Lipinski definition) is 3. The minimum absolute atomic E-state index is 0.0279. The zero-order chi connectivity index (χ0) is 12.7. The molecule has 1 aliphatic heterocycles. The van der Waals surface area contributed by atoms with Crippen molar-refractivity contribution < 1.29 is 9.53 Å². The summed E-state index contributed by atoms with van der Waals surface area (Å²) in [5.41, 5.74) is 2.26. The van der Waals surface area contributed by atoms with Gasteiger partial charge in [-0.3, -0.25) is 9.89 Å². The molecule has 2 heterocycles. The normalized spacial score (nSPS) is 27.4. The van der Waals surface area contributed by atoms with E-state index in [1.165, 1.54) is 12.8 Å². The molecule has 1 aromatic rings. The summed E-state index contributed by atoms with van der Waals surface area (Å²) in [7, 11) is 0. The van der Waals surface area contributed by atoms with Gasteiger partial charge in [0, 0.05) is 12.3 Å². The lowest BCUT2D eigenvalue weighted by atomic mass is 10.1. The van der Waals surface area contributed by atoms with Crippen LogP contribution in [0.2, 0.25) is 0 Å². The maximum absolute atomic E-state index is 12.3. The van der Waals surface area contributed by atoms with Crippen LogP contribution in [0.4, 0.5) is 0 Å². The number of aromatic amines is 1. The van der Waals surface area contributed by atoms with Gasteiger partial charge < -0.3 is 10.1 Å². The van der Waals surface area contributed by atoms with Gasteiger partial charge in [-0.1, -0.05) is 0 Å². The average molecular weight is 249 g/mol. The van der Waals surface area contributed by atoms with Crippen molar-refractivity contribution >= 4 is 5.91 Å². The fraction of sp³-hybridized carbons (Fsp3) is 0.692. The van der Waals surface area contributed by atoms with E-state index in [4.69, 9.17) is 4.74 Å². The van der Waals surface area contributed by atoms with Gasteiger partial charge in [-0.25, -0.2) is 0 Å². The molecule has 2 N–H and O–H groups in total. The summed E-state index contributed by atoms with van der Waals surface area (Å²) in [6.45, 7) is 4.48. The minimum Gasteiger partial charge on any atom is -0.376 e. The second-order valence-corrected chi connectivity index (χ2v) is 5.35. The Balaban J connectivity index is 1.70. The van der Waals surface area contributed by atoms with Crippen LogP contribution in [-0.4, -0.2) is 34.9 Å². The Bertz CT molecular complexity index is 445. The summed E-state index contributed by atoms with van der Waals surface area (Å²) in [6.07, 6.45) is 3.62. The number of aromatic nitrogens is 2. The van der Waals surface area contributed by atoms with E-state index in [0.717, 1.165) is 24.4 Å². The molecule has 0 aromatic carbocycles. The van der Waals surface area contributed by atoms with Crippen LogP contribution in [0, 0.1) is 19.8 Å². The van der Waals surface area contributed by atoms with Crippen LogP contribution >= 0.6 is 0 Å². The van der Waals surface area contributed by atoms with Gasteiger partial charge in [-0.15, -0.1) is 0 Å². The highest BCUT2D eigenvalue weighted by molar-refractivity contribution is 5.96. The molecular formula is C13H19N3O2. The van der Waals surface area contributed by atoms with Gasteiger partial charge in [0.05, 0.1) is 23.4 Å². The van der Waals surface area contributed by atoms with Gasteiger partial charge in [0.2, 0.25) is 0 Å². The molecule has 1 saturated heterocycles. The van der Waals surface area contributed by atoms with Crippen molar-refractivity contribution in [2.24, 2.45) is 5.92 Å². The van der Waals surface area contributed by atoms with E-state index in [1.54, 1.807) is 0 Å². The number of ether oxygens (including phenoxy) is 1. The zero-order valence-corrected chi connectivity index (χ0v) is 10.8. The predicted molar refractivity (Wildman–Crippen MR) is 66.4 cm³/mol. The molecule has 2 atom stereocenters. The molecule has 0 spiro atoms. The molecule has 0 radical (unpaired) electrons. The molecule has 2 aliphatic rings. The maximum Gasteiger partial charge on any atom is 0.255 e. The van der Waals surface area contributed by atoms with Crippen molar-refractivity contribution in [1.29, 1.82) is 0 Å². The largest absolute Gasteiger partial charge is 0.376 e. The molecule has 18 heavy (non-hydrogen) atoms. The first-order valence-corrected chi connectivity index (χ1v) is 6.61. The predicted octanol–water partition coefficient (Wildman–Crippen LogP) is 1.32. The SMILES string of the molecule is Cc1n[nH]c(C)c1C(=O)NC1CCOC1C1CC1. The van der Waals surface area contributed by atoms with Crippen LogP contribution in [-0.2, 0) is 4.74 Å². The fourth-order valence-electron chi connectivity index (χ4n) is 2.78. The highest BCUT2D eigenvalue weighted by Gasteiger charge is 2.41. The van der Waals surface area contributed by atoms with Crippen LogP contribution < -0.4 is 5.32 Å². The molecular weight excluding hydrogens is 230 g/mol. The van der Waals surface area contributed by atoms with Crippen molar-refractivity contribution in [1.82, 2.24) is 15.5 Å². The number of nitrogens with one attached hydrogen (secondary N) is 2. The van der Waals surface area contributed by atoms with Gasteiger partial charge in [0.1, 0.15) is 0 Å². The Labute approximate surface area is 106 Å². The highest BCUT2D eigenvalue weighted by atomic mass is 16.5. The number of nitrogens with zero attached hydrogens (tertiary/aromatic N) is 1. The molecule has 3 rings (SSSR count). The summed E-state index contributed by atoms with van der Waals surface area (Å²) < 4.78 is 5.73. The van der Waals surface area contributed by atoms with E-state index in [1.807, 2.05) is 13.8 Å². The van der Waals surface area contributed by atoms with Gasteiger partial charge in [-0.05, 0) is 39.0 Å². The van der Waals surface area contributed by atoms with Gasteiger partial charge in [-0.2, -0.15) is 5.10 Å². The number of H-pyrrole nitrogens is 1. The zero-order valence-electron chi connectivity index (χ0n) is 10.8. The number of carbonyl (C=O) groups excluding carboxylic acids is 1. The topological polar surface area (TPSA) is 67.0 Å². The minimum atomic E-state index is -0.0279. The van der Waals surface area contributed by atoms with Gasteiger partial charge in [0.25, 0.3) is 5.91 Å². The van der Waals surface area contributed by atoms with E-state index in [2.05, 4.69) is 15.5 Å². The molecule has 2 fully saturated rings. The molecule has 1 aromatic heterocycles. The Morgan fingerprint density at radius 1 is 1.39 bits per heavy atom. The molecule has 98 valence electrons. The lowest BCUT2D eigenvalue weighted by Gasteiger charge is -2.19. The molecule has 1 saturated carbocycles. The number of rotatable bonds is 3. The van der Waals surface area contributed by atoms with E-state index < -0.39 is 0 Å². The van der Waals surface area contributed by atoms with Gasteiger partial charge >= 0.3 is 0 Å². The number of aryl methyl sites for hydroxylation is 2. The quantitative estimate of drug-likeness (QED) is 0.849. The first kappa shape index (κ1) is 11.7. The Morgan fingerprint density at radius 3 is 2.78 bits per heavy atom. The number of hydrogen-bond donors (Lipinski definition) is 2. The van der Waals surface area contributed by atoms with E-state index >= 15 is 0 Å². The van der Waals surface area contributed by atoms with Crippen LogP contribution in [0.3, 0.4) is 0 Å². The highest BCUT2D eigenvalue weighted by Crippen LogP contribution is 2.38. The van der Waals surface area contributed by atoms with Crippen LogP contribution in [0.25, 0.3) is 0 Å². The smallest absolute Gasteiger partial charge is 0.255 e. The van der Waals surface area contributed by atoms with Crippen LogP contribution in [0.1, 0.15) is 41.0 Å². The summed E-state index contributed by atoms with van der Waals surface area (Å²) >= 11 is 0. The third-order valence-electron chi connectivity index (χ3n) is 3.89. The summed E-state index contributed by atoms with van der Waals surface area (Å²) in [5, 5.41) is 10.0. The molecule has 1 aliphatic carbocycles. The third kappa shape index (κ3) is 2.03. The molecule has 1 amide bonds. The van der Waals surface area contributed by atoms with Crippen molar-refractivity contribution in [3.05, 3.63) is 17.0 Å². The van der Waals surface area contributed by atoms with Crippen molar-refractivity contribution in [2.45, 2.75) is 45.3 Å². The maximum atomic E-state index is 12.3. The lowest BCUT2D eigenvalue weighted by molar-refractivity contribution is 0.0729. The summed E-state index contributed by atoms with van der Waals surface area (Å²) in [4.78, 5) is 12.3. The monoisotopic (exact) mass is 249 g/mol. The Morgan fingerprint density at radius 2 is 2.17 bits per heavy atom. The lowest BCUT2D eigenvalue weighted by Crippen LogP contribution is -2.41. The average Bonchev–Trinajstić information content (AvgIpc) is 2.98. The van der Waals surface area contributed by atoms with Gasteiger partial charge in [0.15, 0.2) is 0 Å². The van der Waals surface area contributed by atoms with E-state index in [0.29, 0.717) is 11.5 Å². The fourth-order valence-corrected chi connectivity index (χ4v) is 2.78. The standard InChI is InChI=1S/C13H19N3O2/c1-7-11(8(2)16-15-7)13(17)14-10-5-6-18-12(10)9-3-4-9/h9-10,12H,3-6H2,1-2H3,(H,14,17)(H,15,16). The summed E-state index contributed by atoms with van der Waals surface area (Å²) in [6, 6.07) is 0.165. The second kappa shape index (κ2) is 4.39. The van der Waals surface area contributed by atoms with Crippen molar-refractivity contribution in [3.63, 3.8) is 0 Å². The molecule has 5 nitrogen and oxygen atoms in total. The Kier molecular flexibility index (Phi) is 2.86. The van der Waals surface area contributed by atoms with Crippen LogP contribution in [0.15, 0.2) is 0 Å². The number of amides is 1. The number of carbonyl (C=O) groups is 1. The summed E-state index contributed by atoms with van der Waals surface area (Å²) in [5.74, 6) is 0.629. The molecule has 0 bridgehead atoms. The molecule has 5 heteroatoms. The van der Waals surface area contributed by atoms with Crippen molar-refractivity contribution in [3.8, 4) is 0 Å². The van der Waals surface area contributed by atoms with E-state index in [-0.39, 0.29) is 18.1 Å². The first-order chi connectivity index (χ1) is 8.66. The molecule has 2 unspecified atom stereocenters. The van der Waals surface area contributed by atoms with Crippen LogP contribution in [0.5, 0.6) is 0 Å². The van der Waals surface area contributed by atoms with Crippen molar-refractivity contribution in [2.75, 3.05) is 6.61 Å². The second-order valence-electron chi connectivity index (χ2n) is 5.35. The Hall–Kier alpha value is -1.36. The first-order valence-electron chi connectivity index (χ1n) is 6.61.